The fraction of sp³-hybridized carbons (Fsp3) is 0.193. The monoisotopic (exact) mass is 1940 g/mol. The molecule has 12 aromatic heterocycles. The van der Waals surface area contributed by atoms with Crippen molar-refractivity contribution in [2.75, 3.05) is 54.1 Å². The minimum atomic E-state index is -5.43. The Labute approximate surface area is 760 Å². The molecule has 0 radical (unpaired) electrons. The number of nitrogens with two attached hydrogens (primary N) is 3. The van der Waals surface area contributed by atoms with Gasteiger partial charge in [0, 0.05) is 46.5 Å². The summed E-state index contributed by atoms with van der Waals surface area (Å²) in [5.41, 5.74) is 8.91. The standard InChI is InChI=1S/2C21H16F5N7O3.C21H18F3N7O3.C20H16F4N6O2/c2*22-12-4-2-1-3-11(12)9-33-16(14-5-6-36-32-14)7-15(31-33)18-28-8-13(23)17(30-18)29-10-20(35,19(27)34)21(24,25)26;1-21(33,20(25)32)10-27-18-13(23)8-26-19(28-18)15-7-16(14-5-6-34-30-14)31(29-15)9-11-3-2-4-12(22)17(11)24;21-13-4-2-1-3-12(13)9-30-17(15-5-6-32-29-15)7-16(28-30)19-25-8-14(22)18(27-19)26-10-20(23,24)11-31/h2*1-8,35H,9-10H2,(H2,27,34)(H,28,29,30);2-8,33H,9-10H2,1H3,(H2,25,32)(H,26,27,28);1-8,31H,9-11H2,(H,25,26,27)/t2*20-;;/m10../s1. The van der Waals surface area contributed by atoms with Gasteiger partial charge in [0.1, 0.15) is 94.7 Å². The molecule has 4 aromatic carbocycles. The number of halogens is 17. The van der Waals surface area contributed by atoms with Gasteiger partial charge in [-0.05, 0) is 55.5 Å². The van der Waals surface area contributed by atoms with Gasteiger partial charge in [0.15, 0.2) is 87.1 Å². The molecule has 3 amide bonds. The molecular weight excluding hydrogens is 1870 g/mol. The number of primary amides is 3. The Morgan fingerprint density at radius 2 is 0.616 bits per heavy atom. The molecule has 0 bridgehead atoms. The van der Waals surface area contributed by atoms with Crippen molar-refractivity contribution in [3.05, 3.63) is 264 Å². The van der Waals surface area contributed by atoms with Crippen LogP contribution < -0.4 is 38.5 Å². The van der Waals surface area contributed by atoms with Gasteiger partial charge < -0.3 is 77.0 Å². The predicted octanol–water partition coefficient (Wildman–Crippen LogP) is 10.5. The van der Waals surface area contributed by atoms with Gasteiger partial charge in [-0.2, -0.15) is 46.7 Å². The molecule has 0 saturated carbocycles. The summed E-state index contributed by atoms with van der Waals surface area (Å²) in [5, 5.41) is 79.3. The summed E-state index contributed by atoms with van der Waals surface area (Å²) in [6.07, 6.45) is -2.58. The predicted molar refractivity (Wildman–Crippen MR) is 443 cm³/mol. The first-order valence-electron chi connectivity index (χ1n) is 39.3. The molecule has 0 spiro atoms. The lowest BCUT2D eigenvalue weighted by Gasteiger charge is -2.27. The van der Waals surface area contributed by atoms with E-state index in [4.69, 9.17) is 40.4 Å². The van der Waals surface area contributed by atoms with E-state index in [1.54, 1.807) is 54.6 Å². The number of alkyl halides is 8. The second kappa shape index (κ2) is 41.3. The molecule has 0 fully saturated rings. The highest BCUT2D eigenvalue weighted by atomic mass is 19.4. The van der Waals surface area contributed by atoms with Crippen LogP contribution in [0.2, 0.25) is 0 Å². The zero-order chi connectivity index (χ0) is 99.3. The lowest BCUT2D eigenvalue weighted by atomic mass is 10.0. The Hall–Kier alpha value is -16.9. The Balaban J connectivity index is 0.000000155. The Bertz CT molecular complexity index is 6760. The third-order valence-corrected chi connectivity index (χ3v) is 19.7. The van der Waals surface area contributed by atoms with Crippen LogP contribution in [0.4, 0.5) is 97.9 Å². The average Bonchev–Trinajstić information content (AvgIpc) is 1.54. The zero-order valence-corrected chi connectivity index (χ0v) is 70.0. The van der Waals surface area contributed by atoms with Crippen molar-refractivity contribution < 1.29 is 128 Å². The maximum absolute atomic E-state index is 14.2. The Kier molecular flexibility index (Phi) is 29.5. The fourth-order valence-corrected chi connectivity index (χ4v) is 12.1. The van der Waals surface area contributed by atoms with E-state index in [-0.39, 0.29) is 94.8 Å². The number of aromatic nitrogens is 20. The summed E-state index contributed by atoms with van der Waals surface area (Å²) in [7, 11) is 0. The van der Waals surface area contributed by atoms with Crippen LogP contribution in [0.1, 0.15) is 29.2 Å². The fourth-order valence-electron chi connectivity index (χ4n) is 12.1. The first-order valence-corrected chi connectivity index (χ1v) is 39.3. The zero-order valence-electron chi connectivity index (χ0n) is 70.0. The number of carbonyl (C=O) groups is 3. The van der Waals surface area contributed by atoms with Crippen molar-refractivity contribution in [1.82, 2.24) is 99.6 Å². The number of carbonyl (C=O) groups excluding carboxylic acids is 3. The number of anilines is 4. The molecule has 16 rings (SSSR count). The number of nitrogens with one attached hydrogen (secondary N) is 4. The SMILES string of the molecule is CC(O)(CNc1nc(-c2cc(-c3ccon3)n(Cc3cccc(F)c3F)n2)ncc1F)C(N)=O.NC(=O)[C@@](O)(CNc1nc(-c2cc(-c3ccon3)n(Cc3ccccc3F)n2)ncc1F)C(F)(F)F.NC(=O)[C@](O)(CNc1nc(-c2cc(-c3ccon3)n(Cc3ccccc3F)n2)ncc1F)C(F)(F)F.OCC(F)(F)CNc1nc(-c2cc(-c3ccon3)n(Cc3ccccc3F)n2)ncc1F. The maximum atomic E-state index is 14.2. The van der Waals surface area contributed by atoms with E-state index < -0.39 is 155 Å². The van der Waals surface area contributed by atoms with E-state index in [9.17, 15) is 104 Å². The van der Waals surface area contributed by atoms with Crippen LogP contribution in [0.15, 0.2) is 207 Å². The maximum Gasteiger partial charge on any atom is 0.428 e. The molecule has 0 aliphatic heterocycles. The third-order valence-electron chi connectivity index (χ3n) is 19.7. The number of amides is 3. The molecule has 55 heteroatoms. The van der Waals surface area contributed by atoms with Crippen LogP contribution >= 0.6 is 0 Å². The molecular formula is C83H66F17N27O11. The molecule has 1 unspecified atom stereocenters. The third kappa shape index (κ3) is 23.0. The smallest absolute Gasteiger partial charge is 0.390 e. The largest absolute Gasteiger partial charge is 0.428 e. The van der Waals surface area contributed by atoms with Crippen molar-refractivity contribution in [3.8, 4) is 91.6 Å². The number of rotatable bonds is 32. The van der Waals surface area contributed by atoms with Gasteiger partial charge in [0.05, 0.1) is 99.9 Å². The van der Waals surface area contributed by atoms with Gasteiger partial charge in [-0.1, -0.05) is 87.4 Å². The average molecular weight is 1940 g/mol. The lowest BCUT2D eigenvalue weighted by Crippen LogP contribution is -2.59. The topological polar surface area (TPSA) is 537 Å². The molecule has 16 aromatic rings. The highest BCUT2D eigenvalue weighted by Gasteiger charge is 2.60. The molecule has 718 valence electrons. The number of benzene rings is 4. The summed E-state index contributed by atoms with van der Waals surface area (Å²) in [6, 6.07) is 33.9. The first-order chi connectivity index (χ1) is 65.5. The molecule has 138 heavy (non-hydrogen) atoms. The summed E-state index contributed by atoms with van der Waals surface area (Å²) < 4.78 is 258. The number of hydrogen-bond acceptors (Lipinski definition) is 31. The van der Waals surface area contributed by atoms with Crippen molar-refractivity contribution in [2.24, 2.45) is 17.2 Å². The van der Waals surface area contributed by atoms with Crippen LogP contribution in [0.3, 0.4) is 0 Å². The normalized spacial score (nSPS) is 12.9. The van der Waals surface area contributed by atoms with Gasteiger partial charge in [0.2, 0.25) is 0 Å². The van der Waals surface area contributed by atoms with Gasteiger partial charge in [-0.15, -0.1) is 0 Å². The first kappa shape index (κ1) is 98.6. The van der Waals surface area contributed by atoms with Crippen LogP contribution in [-0.2, 0) is 40.6 Å². The number of aliphatic hydroxyl groups excluding tert-OH is 1. The van der Waals surface area contributed by atoms with Crippen LogP contribution in [-0.4, -0.2) is 206 Å². The molecule has 0 aliphatic carbocycles. The Morgan fingerprint density at radius 3 is 0.877 bits per heavy atom. The molecule has 0 saturated heterocycles. The quantitative estimate of drug-likeness (QED) is 0.0174. The number of hydrogen-bond donors (Lipinski definition) is 11. The molecule has 3 atom stereocenters. The number of aliphatic hydroxyl groups is 4. The second-order valence-corrected chi connectivity index (χ2v) is 29.4. The molecule has 38 nitrogen and oxygen atoms in total. The van der Waals surface area contributed by atoms with E-state index in [0.29, 0.717) is 63.5 Å². The van der Waals surface area contributed by atoms with Gasteiger partial charge >= 0.3 is 12.4 Å². The van der Waals surface area contributed by atoms with E-state index >= 15 is 0 Å². The van der Waals surface area contributed by atoms with Gasteiger partial charge in [-0.3, -0.25) is 33.1 Å². The van der Waals surface area contributed by atoms with E-state index in [1.165, 1.54) is 130 Å². The van der Waals surface area contributed by atoms with Crippen molar-refractivity contribution >= 4 is 41.0 Å². The van der Waals surface area contributed by atoms with Crippen LogP contribution in [0.25, 0.3) is 91.6 Å². The van der Waals surface area contributed by atoms with E-state index in [1.807, 2.05) is 10.6 Å². The minimum absolute atomic E-state index is 0.0224. The van der Waals surface area contributed by atoms with Crippen molar-refractivity contribution in [1.29, 1.82) is 0 Å². The van der Waals surface area contributed by atoms with Crippen molar-refractivity contribution in [3.63, 3.8) is 0 Å². The number of nitrogens with zero attached hydrogens (tertiary/aromatic N) is 20. The van der Waals surface area contributed by atoms with Gasteiger partial charge in [0.25, 0.3) is 34.8 Å². The summed E-state index contributed by atoms with van der Waals surface area (Å²) in [5.74, 6) is -19.0. The van der Waals surface area contributed by atoms with E-state index in [0.717, 1.165) is 18.5 Å². The highest BCUT2D eigenvalue weighted by Crippen LogP contribution is 2.37. The summed E-state index contributed by atoms with van der Waals surface area (Å²) in [4.78, 5) is 64.8. The summed E-state index contributed by atoms with van der Waals surface area (Å²) in [6.45, 7) is -4.88. The second-order valence-electron chi connectivity index (χ2n) is 29.4. The molecule has 12 heterocycles. The minimum Gasteiger partial charge on any atom is -0.390 e. The van der Waals surface area contributed by atoms with Crippen LogP contribution in [0, 0.1) is 52.4 Å². The van der Waals surface area contributed by atoms with Crippen LogP contribution in [0.5, 0.6) is 0 Å². The highest BCUT2D eigenvalue weighted by molar-refractivity contribution is 5.86. The molecule has 14 N–H and O–H groups in total. The molecule has 0 aliphatic rings. The van der Waals surface area contributed by atoms with E-state index in [2.05, 4.69) is 91.5 Å². The summed E-state index contributed by atoms with van der Waals surface area (Å²) >= 11 is 0. The van der Waals surface area contributed by atoms with Crippen molar-refractivity contribution in [2.45, 2.75) is 68.2 Å². The Morgan fingerprint density at radius 1 is 0.348 bits per heavy atom. The lowest BCUT2D eigenvalue weighted by molar-refractivity contribution is -0.245. The van der Waals surface area contributed by atoms with Gasteiger partial charge in [-0.25, -0.2) is 88.2 Å².